The zero-order valence-corrected chi connectivity index (χ0v) is 13.7. The Balaban J connectivity index is 1.91. The third-order valence-electron chi connectivity index (χ3n) is 5.46. The molecule has 0 aromatic heterocycles. The Bertz CT molecular complexity index is 295. The van der Waals surface area contributed by atoms with Crippen LogP contribution in [0.4, 0.5) is 0 Å². The fraction of sp³-hybridized carbons (Fsp3) is 1.00. The van der Waals surface area contributed by atoms with Crippen LogP contribution < -0.4 is 5.32 Å². The molecule has 2 aliphatic rings. The van der Waals surface area contributed by atoms with Crippen molar-refractivity contribution in [1.82, 2.24) is 10.2 Å². The predicted octanol–water partition coefficient (Wildman–Crippen LogP) is 2.78. The monoisotopic (exact) mass is 282 g/mol. The molecular formula is C17H34N2O. The van der Waals surface area contributed by atoms with Gasteiger partial charge in [0, 0.05) is 17.6 Å². The topological polar surface area (TPSA) is 35.5 Å². The van der Waals surface area contributed by atoms with E-state index < -0.39 is 0 Å². The second-order valence-electron chi connectivity index (χ2n) is 7.38. The normalized spacial score (nSPS) is 36.5. The number of rotatable bonds is 5. The van der Waals surface area contributed by atoms with Gasteiger partial charge in [-0.05, 0) is 57.5 Å². The highest BCUT2D eigenvalue weighted by molar-refractivity contribution is 5.00. The zero-order valence-electron chi connectivity index (χ0n) is 13.7. The van der Waals surface area contributed by atoms with Crippen molar-refractivity contribution < 1.29 is 5.11 Å². The van der Waals surface area contributed by atoms with E-state index in [2.05, 4.69) is 31.0 Å². The van der Waals surface area contributed by atoms with Crippen LogP contribution in [0.25, 0.3) is 0 Å². The summed E-state index contributed by atoms with van der Waals surface area (Å²) in [7, 11) is 0. The van der Waals surface area contributed by atoms with E-state index in [4.69, 9.17) is 0 Å². The van der Waals surface area contributed by atoms with Crippen LogP contribution in [0.3, 0.4) is 0 Å². The molecule has 118 valence electrons. The summed E-state index contributed by atoms with van der Waals surface area (Å²) in [5.41, 5.74) is -0.0186. The van der Waals surface area contributed by atoms with E-state index in [1.807, 2.05) is 0 Å². The minimum atomic E-state index is -0.0186. The molecule has 20 heavy (non-hydrogen) atoms. The summed E-state index contributed by atoms with van der Waals surface area (Å²) in [6.45, 7) is 9.52. The molecule has 0 aromatic carbocycles. The van der Waals surface area contributed by atoms with Crippen LogP contribution in [0, 0.1) is 5.92 Å². The van der Waals surface area contributed by atoms with Crippen LogP contribution in [0.5, 0.6) is 0 Å². The van der Waals surface area contributed by atoms with Gasteiger partial charge in [0.2, 0.25) is 0 Å². The summed E-state index contributed by atoms with van der Waals surface area (Å²) >= 11 is 0. The average molecular weight is 282 g/mol. The van der Waals surface area contributed by atoms with Gasteiger partial charge in [0.25, 0.3) is 0 Å². The maximum atomic E-state index is 9.84. The molecule has 1 aliphatic carbocycles. The number of nitrogens with one attached hydrogen (secondary N) is 1. The highest BCUT2D eigenvalue weighted by atomic mass is 16.3. The molecule has 2 N–H and O–H groups in total. The Kier molecular flexibility index (Phi) is 5.88. The van der Waals surface area contributed by atoms with E-state index >= 15 is 0 Å². The van der Waals surface area contributed by atoms with Gasteiger partial charge in [-0.15, -0.1) is 0 Å². The van der Waals surface area contributed by atoms with Crippen LogP contribution in [0.15, 0.2) is 0 Å². The minimum absolute atomic E-state index is 0.0186. The molecule has 3 nitrogen and oxygen atoms in total. The van der Waals surface area contributed by atoms with E-state index in [9.17, 15) is 5.11 Å². The van der Waals surface area contributed by atoms with Gasteiger partial charge in [-0.25, -0.2) is 0 Å². The maximum absolute atomic E-state index is 9.84. The molecular weight excluding hydrogens is 248 g/mol. The van der Waals surface area contributed by atoms with E-state index in [0.717, 1.165) is 18.8 Å². The Morgan fingerprint density at radius 3 is 2.70 bits per heavy atom. The smallest absolute Gasteiger partial charge is 0.0614 e. The first-order chi connectivity index (χ1) is 9.58. The molecule has 2 fully saturated rings. The molecule has 0 aromatic rings. The van der Waals surface area contributed by atoms with Gasteiger partial charge < -0.3 is 15.3 Å². The molecule has 1 saturated carbocycles. The molecule has 1 heterocycles. The molecule has 1 aliphatic heterocycles. The van der Waals surface area contributed by atoms with Crippen molar-refractivity contribution in [2.75, 3.05) is 19.7 Å². The van der Waals surface area contributed by atoms with Gasteiger partial charge in [-0.2, -0.15) is 0 Å². The molecule has 0 radical (unpaired) electrons. The first-order valence-electron chi connectivity index (χ1n) is 8.71. The van der Waals surface area contributed by atoms with E-state index in [-0.39, 0.29) is 12.1 Å². The van der Waals surface area contributed by atoms with Crippen LogP contribution in [-0.4, -0.2) is 47.3 Å². The van der Waals surface area contributed by atoms with Gasteiger partial charge in [0.05, 0.1) is 6.61 Å². The molecule has 2 rings (SSSR count). The van der Waals surface area contributed by atoms with Crippen molar-refractivity contribution in [3.63, 3.8) is 0 Å². The highest BCUT2D eigenvalue weighted by Gasteiger charge is 2.41. The number of aliphatic hydroxyl groups excluding tert-OH is 1. The first-order valence-corrected chi connectivity index (χ1v) is 8.71. The third-order valence-corrected chi connectivity index (χ3v) is 5.46. The minimum Gasteiger partial charge on any atom is -0.394 e. The van der Waals surface area contributed by atoms with Crippen molar-refractivity contribution in [2.45, 2.75) is 83.3 Å². The van der Waals surface area contributed by atoms with Crippen LogP contribution in [-0.2, 0) is 0 Å². The number of hydrogen-bond acceptors (Lipinski definition) is 3. The molecule has 1 saturated heterocycles. The third kappa shape index (κ3) is 3.96. The molecule has 3 unspecified atom stereocenters. The summed E-state index contributed by atoms with van der Waals surface area (Å²) in [6.07, 6.45) is 8.98. The SMILES string of the molecule is CCC1CCCN(C2CCC(CO)(NC(C)C)C2)CC1. The summed E-state index contributed by atoms with van der Waals surface area (Å²) in [5.74, 6) is 0.942. The molecule has 0 amide bonds. The van der Waals surface area contributed by atoms with Crippen LogP contribution in [0.2, 0.25) is 0 Å². The molecule has 3 atom stereocenters. The van der Waals surface area contributed by atoms with E-state index in [0.29, 0.717) is 12.1 Å². The number of likely N-dealkylation sites (tertiary alicyclic amines) is 1. The Hall–Kier alpha value is -0.120. The summed E-state index contributed by atoms with van der Waals surface area (Å²) in [4.78, 5) is 2.72. The van der Waals surface area contributed by atoms with Crippen molar-refractivity contribution in [1.29, 1.82) is 0 Å². The van der Waals surface area contributed by atoms with Crippen LogP contribution in [0.1, 0.15) is 65.7 Å². The van der Waals surface area contributed by atoms with Gasteiger partial charge in [0.1, 0.15) is 0 Å². The lowest BCUT2D eigenvalue weighted by atomic mass is 9.97. The number of aliphatic hydroxyl groups is 1. The first kappa shape index (κ1) is 16.3. The summed E-state index contributed by atoms with van der Waals surface area (Å²) in [6, 6.07) is 1.14. The van der Waals surface area contributed by atoms with Crippen molar-refractivity contribution in [3.05, 3.63) is 0 Å². The summed E-state index contributed by atoms with van der Waals surface area (Å²) in [5, 5.41) is 13.5. The van der Waals surface area contributed by atoms with Gasteiger partial charge in [-0.3, -0.25) is 0 Å². The van der Waals surface area contributed by atoms with Crippen molar-refractivity contribution in [2.24, 2.45) is 5.92 Å². The van der Waals surface area contributed by atoms with E-state index in [1.165, 1.54) is 45.2 Å². The largest absolute Gasteiger partial charge is 0.394 e. The number of nitrogens with zero attached hydrogens (tertiary/aromatic N) is 1. The summed E-state index contributed by atoms with van der Waals surface area (Å²) < 4.78 is 0. The zero-order chi connectivity index (χ0) is 14.6. The lowest BCUT2D eigenvalue weighted by Crippen LogP contribution is -2.51. The van der Waals surface area contributed by atoms with Gasteiger partial charge in [-0.1, -0.05) is 27.2 Å². The van der Waals surface area contributed by atoms with Gasteiger partial charge >= 0.3 is 0 Å². The molecule has 3 heteroatoms. The molecule has 0 bridgehead atoms. The van der Waals surface area contributed by atoms with Crippen molar-refractivity contribution in [3.8, 4) is 0 Å². The second kappa shape index (κ2) is 7.24. The Morgan fingerprint density at radius 2 is 2.05 bits per heavy atom. The standard InChI is InChI=1S/C17H34N2O/c1-4-15-6-5-10-19(11-8-15)16-7-9-17(12-16,13-20)18-14(2)3/h14-16,18,20H,4-13H2,1-3H3. The predicted molar refractivity (Wildman–Crippen MR) is 84.9 cm³/mol. The maximum Gasteiger partial charge on any atom is 0.0614 e. The lowest BCUT2D eigenvalue weighted by molar-refractivity contribution is 0.136. The fourth-order valence-electron chi connectivity index (χ4n) is 4.30. The van der Waals surface area contributed by atoms with E-state index in [1.54, 1.807) is 0 Å². The quantitative estimate of drug-likeness (QED) is 0.814. The number of hydrogen-bond donors (Lipinski definition) is 2. The Labute approximate surface area is 125 Å². The van der Waals surface area contributed by atoms with Crippen LogP contribution >= 0.6 is 0 Å². The second-order valence-corrected chi connectivity index (χ2v) is 7.38. The average Bonchev–Trinajstić information content (AvgIpc) is 2.69. The molecule has 0 spiro atoms. The lowest BCUT2D eigenvalue weighted by Gasteiger charge is -2.33. The fourth-order valence-corrected chi connectivity index (χ4v) is 4.30. The Morgan fingerprint density at radius 1 is 1.25 bits per heavy atom. The van der Waals surface area contributed by atoms with Gasteiger partial charge in [0.15, 0.2) is 0 Å². The van der Waals surface area contributed by atoms with Crippen molar-refractivity contribution >= 4 is 0 Å². The highest BCUT2D eigenvalue weighted by Crippen LogP contribution is 2.35.